The number of allylic oxidation sites excluding steroid dienone is 2. The molecule has 0 amide bonds. The summed E-state index contributed by atoms with van der Waals surface area (Å²) < 4.78 is 11.7. The second-order valence-corrected chi connectivity index (χ2v) is 9.29. The highest BCUT2D eigenvalue weighted by Gasteiger charge is 2.80. The molecule has 2 saturated carbocycles. The number of rotatable bonds is 4. The van der Waals surface area contributed by atoms with E-state index in [1.54, 1.807) is 19.9 Å². The zero-order valence-corrected chi connectivity index (χ0v) is 16.5. The Morgan fingerprint density at radius 1 is 1.31 bits per heavy atom. The summed E-state index contributed by atoms with van der Waals surface area (Å²) in [6.07, 6.45) is 3.53. The maximum atomic E-state index is 13.1. The number of carbonyl (C=O) groups excluding carboxylic acids is 2. The van der Waals surface area contributed by atoms with E-state index in [9.17, 15) is 14.7 Å². The van der Waals surface area contributed by atoms with Crippen LogP contribution in [-0.2, 0) is 19.1 Å². The third-order valence-electron chi connectivity index (χ3n) is 7.20. The molecule has 0 aromatic rings. The molecule has 3 aliphatic carbocycles. The van der Waals surface area contributed by atoms with Crippen LogP contribution in [0.3, 0.4) is 0 Å². The Balaban J connectivity index is 2.14. The van der Waals surface area contributed by atoms with Gasteiger partial charge in [-0.1, -0.05) is 40.7 Å². The molecule has 0 heterocycles. The quantitative estimate of drug-likeness (QED) is 0.608. The number of esters is 1. The normalized spacial score (nSPS) is 42.7. The minimum atomic E-state index is -0.833. The Hall–Kier alpha value is -1.78. The summed E-state index contributed by atoms with van der Waals surface area (Å²) in [7, 11) is 0. The van der Waals surface area contributed by atoms with Crippen LogP contribution in [0.1, 0.15) is 48.0 Å². The standard InChI is InChI=1S/C21H30O5/c1-11(2)17(24)26-18-19(5,6)16-14(25-13(4)22)10-12(3)21(16)9-8-15(23)20(18,21)7/h8-9,11-12,14,16,18,22H,4,10H2,1-3,5-7H3/t12-,14-,16+,18+,20+,21+/m1/s1. The molecule has 3 rings (SSSR count). The van der Waals surface area contributed by atoms with Crippen molar-refractivity contribution >= 4 is 11.8 Å². The van der Waals surface area contributed by atoms with E-state index in [4.69, 9.17) is 9.47 Å². The molecule has 1 N–H and O–H groups in total. The van der Waals surface area contributed by atoms with Crippen LogP contribution in [0.25, 0.3) is 0 Å². The second-order valence-electron chi connectivity index (χ2n) is 9.29. The fraction of sp³-hybridized carbons (Fsp3) is 0.714. The van der Waals surface area contributed by atoms with Crippen LogP contribution in [0.15, 0.2) is 24.7 Å². The molecule has 2 fully saturated rings. The van der Waals surface area contributed by atoms with Crippen LogP contribution in [0.5, 0.6) is 0 Å². The largest absolute Gasteiger partial charge is 0.481 e. The minimum Gasteiger partial charge on any atom is -0.481 e. The molecule has 0 saturated heterocycles. The van der Waals surface area contributed by atoms with Crippen LogP contribution >= 0.6 is 0 Å². The van der Waals surface area contributed by atoms with Crippen LogP contribution < -0.4 is 0 Å². The predicted molar refractivity (Wildman–Crippen MR) is 97.1 cm³/mol. The van der Waals surface area contributed by atoms with E-state index in [-0.39, 0.29) is 41.6 Å². The monoisotopic (exact) mass is 362 g/mol. The van der Waals surface area contributed by atoms with Gasteiger partial charge in [-0.05, 0) is 31.9 Å². The Kier molecular flexibility index (Phi) is 4.10. The first kappa shape index (κ1) is 19.0. The number of carbonyl (C=O) groups is 2. The molecule has 5 nitrogen and oxygen atoms in total. The summed E-state index contributed by atoms with van der Waals surface area (Å²) in [4.78, 5) is 25.5. The zero-order valence-electron chi connectivity index (χ0n) is 16.5. The van der Waals surface area contributed by atoms with E-state index in [0.717, 1.165) is 0 Å². The molecule has 0 radical (unpaired) electrons. The lowest BCUT2D eigenvalue weighted by Crippen LogP contribution is -2.49. The minimum absolute atomic E-state index is 0.00459. The lowest BCUT2D eigenvalue weighted by atomic mass is 9.61. The van der Waals surface area contributed by atoms with Gasteiger partial charge in [-0.2, -0.15) is 0 Å². The topological polar surface area (TPSA) is 72.8 Å². The summed E-state index contributed by atoms with van der Waals surface area (Å²) in [5.41, 5.74) is -1.79. The smallest absolute Gasteiger partial charge is 0.308 e. The second kappa shape index (κ2) is 5.61. The fourth-order valence-corrected chi connectivity index (χ4v) is 6.34. The van der Waals surface area contributed by atoms with Gasteiger partial charge in [-0.15, -0.1) is 0 Å². The Morgan fingerprint density at radius 3 is 2.46 bits per heavy atom. The van der Waals surface area contributed by atoms with Gasteiger partial charge in [0, 0.05) is 16.7 Å². The maximum absolute atomic E-state index is 13.1. The molecule has 0 unspecified atom stereocenters. The number of ether oxygens (including phenoxy) is 2. The van der Waals surface area contributed by atoms with Gasteiger partial charge in [0.15, 0.2) is 5.78 Å². The van der Waals surface area contributed by atoms with Gasteiger partial charge in [0.05, 0.1) is 11.3 Å². The van der Waals surface area contributed by atoms with E-state index in [2.05, 4.69) is 13.5 Å². The zero-order chi connectivity index (χ0) is 19.7. The lowest BCUT2D eigenvalue weighted by molar-refractivity contribution is -0.170. The van der Waals surface area contributed by atoms with Gasteiger partial charge < -0.3 is 14.6 Å². The van der Waals surface area contributed by atoms with Gasteiger partial charge in [0.1, 0.15) is 12.2 Å². The van der Waals surface area contributed by atoms with Gasteiger partial charge in [0.25, 0.3) is 5.95 Å². The van der Waals surface area contributed by atoms with Crippen LogP contribution in [-0.4, -0.2) is 29.1 Å². The molecule has 0 aromatic heterocycles. The molecule has 3 aliphatic rings. The van der Waals surface area contributed by atoms with Gasteiger partial charge in [-0.3, -0.25) is 9.59 Å². The van der Waals surface area contributed by atoms with Crippen molar-refractivity contribution in [3.8, 4) is 0 Å². The van der Waals surface area contributed by atoms with Crippen LogP contribution in [0.4, 0.5) is 0 Å². The number of aliphatic hydroxyl groups excluding tert-OH is 1. The first-order valence-corrected chi connectivity index (χ1v) is 9.39. The molecule has 6 atom stereocenters. The van der Waals surface area contributed by atoms with E-state index in [1.807, 2.05) is 26.8 Å². The predicted octanol–water partition coefficient (Wildman–Crippen LogP) is 3.80. The SMILES string of the molecule is C=C(O)O[C@@H]1C[C@@H](C)[C@]23C=CC(=O)[C@@]2(C)[C@@H](OC(=O)C(C)C)C(C)(C)[C@H]13. The van der Waals surface area contributed by atoms with E-state index >= 15 is 0 Å². The van der Waals surface area contributed by atoms with Crippen molar-refractivity contribution in [3.05, 3.63) is 24.7 Å². The molecule has 144 valence electrons. The van der Waals surface area contributed by atoms with Gasteiger partial charge in [0.2, 0.25) is 0 Å². The molecule has 0 aliphatic heterocycles. The van der Waals surface area contributed by atoms with Crippen molar-refractivity contribution in [2.75, 3.05) is 0 Å². The summed E-state index contributed by atoms with van der Waals surface area (Å²) in [6.45, 7) is 15.2. The van der Waals surface area contributed by atoms with Gasteiger partial charge >= 0.3 is 5.97 Å². The average molecular weight is 362 g/mol. The molecule has 26 heavy (non-hydrogen) atoms. The summed E-state index contributed by atoms with van der Waals surface area (Å²) >= 11 is 0. The summed E-state index contributed by atoms with van der Waals surface area (Å²) in [5.74, 6) is -0.802. The van der Waals surface area contributed by atoms with Crippen molar-refractivity contribution in [1.29, 1.82) is 0 Å². The van der Waals surface area contributed by atoms with Crippen LogP contribution in [0.2, 0.25) is 0 Å². The Labute approximate surface area is 155 Å². The van der Waals surface area contributed by atoms with E-state index < -0.39 is 22.3 Å². The Morgan fingerprint density at radius 2 is 1.92 bits per heavy atom. The summed E-state index contributed by atoms with van der Waals surface area (Å²) in [6, 6.07) is 0. The number of hydrogen-bond acceptors (Lipinski definition) is 5. The average Bonchev–Trinajstić information content (AvgIpc) is 2.99. The molecule has 5 heteroatoms. The first-order chi connectivity index (χ1) is 11.9. The molecule has 1 spiro atoms. The molecular weight excluding hydrogens is 332 g/mol. The van der Waals surface area contributed by atoms with Crippen molar-refractivity contribution in [2.45, 2.75) is 60.2 Å². The third kappa shape index (κ3) is 2.09. The van der Waals surface area contributed by atoms with Crippen molar-refractivity contribution in [1.82, 2.24) is 0 Å². The number of aliphatic hydroxyl groups is 1. The van der Waals surface area contributed by atoms with E-state index in [1.165, 1.54) is 0 Å². The van der Waals surface area contributed by atoms with Crippen molar-refractivity contribution in [2.24, 2.45) is 34.0 Å². The highest BCUT2D eigenvalue weighted by atomic mass is 16.6. The highest BCUT2D eigenvalue weighted by molar-refractivity contribution is 6.00. The summed E-state index contributed by atoms with van der Waals surface area (Å²) in [5, 5.41) is 9.64. The van der Waals surface area contributed by atoms with Crippen molar-refractivity contribution in [3.63, 3.8) is 0 Å². The molecule has 0 bridgehead atoms. The van der Waals surface area contributed by atoms with Gasteiger partial charge in [-0.25, -0.2) is 0 Å². The molecular formula is C21H30O5. The fourth-order valence-electron chi connectivity index (χ4n) is 6.34. The maximum Gasteiger partial charge on any atom is 0.308 e. The molecule has 0 aromatic carbocycles. The van der Waals surface area contributed by atoms with Crippen LogP contribution in [0, 0.1) is 34.0 Å². The Bertz CT molecular complexity index is 691. The number of ketones is 1. The first-order valence-electron chi connectivity index (χ1n) is 9.39. The van der Waals surface area contributed by atoms with Crippen molar-refractivity contribution < 1.29 is 24.2 Å². The highest BCUT2D eigenvalue weighted by Crippen LogP contribution is 2.75. The van der Waals surface area contributed by atoms with E-state index in [0.29, 0.717) is 6.42 Å². The third-order valence-corrected chi connectivity index (χ3v) is 7.20. The lowest BCUT2D eigenvalue weighted by Gasteiger charge is -2.41. The number of hydrogen-bond donors (Lipinski definition) is 1.